The third kappa shape index (κ3) is 5.96. The maximum atomic E-state index is 12.3. The molecule has 0 saturated carbocycles. The molecule has 0 unspecified atom stereocenters. The van der Waals surface area contributed by atoms with Crippen molar-refractivity contribution in [3.05, 3.63) is 58.6 Å². The van der Waals surface area contributed by atoms with Crippen LogP contribution in [0.5, 0.6) is 0 Å². The topological polar surface area (TPSA) is 58.2 Å². The van der Waals surface area contributed by atoms with Gasteiger partial charge in [0, 0.05) is 21.2 Å². The lowest BCUT2D eigenvalue weighted by Gasteiger charge is -2.10. The van der Waals surface area contributed by atoms with Gasteiger partial charge in [0.1, 0.15) is 0 Å². The minimum atomic E-state index is -4.39. The lowest BCUT2D eigenvalue weighted by Crippen LogP contribution is -2.33. The molecule has 0 spiro atoms. The van der Waals surface area contributed by atoms with E-state index in [0.717, 1.165) is 0 Å². The molecule has 2 aromatic carbocycles. The van der Waals surface area contributed by atoms with Crippen molar-refractivity contribution in [1.82, 2.24) is 5.32 Å². The van der Waals surface area contributed by atoms with E-state index < -0.39 is 17.3 Å². The van der Waals surface area contributed by atoms with E-state index in [1.807, 2.05) is 0 Å². The van der Waals surface area contributed by atoms with Crippen molar-refractivity contribution in [2.45, 2.75) is 17.3 Å². The Bertz CT molecular complexity index is 811. The summed E-state index contributed by atoms with van der Waals surface area (Å²) in [6.07, 6.45) is 0. The van der Waals surface area contributed by atoms with E-state index in [0.29, 0.717) is 16.3 Å². The summed E-state index contributed by atoms with van der Waals surface area (Å²) in [5.41, 5.74) is -3.00. The number of hydrogen-bond donors (Lipinski definition) is 2. The molecular weight excluding hydrogens is 389 g/mol. The van der Waals surface area contributed by atoms with Crippen LogP contribution in [0.1, 0.15) is 15.9 Å². The average Bonchev–Trinajstić information content (AvgIpc) is 2.56. The summed E-state index contributed by atoms with van der Waals surface area (Å²) < 4.78 is 36.8. The second kappa shape index (κ2) is 8.46. The summed E-state index contributed by atoms with van der Waals surface area (Å²) in [6, 6.07) is 9.98. The molecule has 0 aromatic heterocycles. The van der Waals surface area contributed by atoms with Gasteiger partial charge in [-0.2, -0.15) is 13.2 Å². The number of nitrogens with one attached hydrogen (secondary N) is 2. The highest BCUT2D eigenvalue weighted by Crippen LogP contribution is 2.36. The highest BCUT2D eigenvalue weighted by molar-refractivity contribution is 8.00. The van der Waals surface area contributed by atoms with Gasteiger partial charge >= 0.3 is 5.51 Å². The predicted octanol–water partition coefficient (Wildman–Crippen LogP) is 4.63. The molecule has 9 heteroatoms. The molecule has 4 nitrogen and oxygen atoms in total. The minimum Gasteiger partial charge on any atom is -0.343 e. The molecule has 26 heavy (non-hydrogen) atoms. The number of anilines is 1. The normalized spacial score (nSPS) is 11.1. The van der Waals surface area contributed by atoms with Gasteiger partial charge in [-0.05, 0) is 60.6 Å². The van der Waals surface area contributed by atoms with Crippen LogP contribution in [0.3, 0.4) is 0 Å². The Morgan fingerprint density at radius 3 is 2.38 bits per heavy atom. The first-order valence-electron chi connectivity index (χ1n) is 7.34. The molecule has 2 amide bonds. The number of halogens is 4. The van der Waals surface area contributed by atoms with Gasteiger partial charge in [-0.1, -0.05) is 17.7 Å². The number of amides is 2. The zero-order valence-corrected chi connectivity index (χ0v) is 15.1. The van der Waals surface area contributed by atoms with E-state index in [2.05, 4.69) is 10.6 Å². The Morgan fingerprint density at radius 2 is 1.77 bits per heavy atom. The third-order valence-corrected chi connectivity index (χ3v) is 4.45. The Hall–Kier alpha value is -2.19. The zero-order valence-electron chi connectivity index (χ0n) is 13.5. The Labute approximate surface area is 157 Å². The van der Waals surface area contributed by atoms with Crippen molar-refractivity contribution in [1.29, 1.82) is 0 Å². The molecule has 0 aliphatic heterocycles. The molecule has 2 N–H and O–H groups in total. The van der Waals surface area contributed by atoms with Gasteiger partial charge < -0.3 is 10.6 Å². The van der Waals surface area contributed by atoms with E-state index in [1.54, 1.807) is 25.1 Å². The van der Waals surface area contributed by atoms with E-state index >= 15 is 0 Å². The third-order valence-electron chi connectivity index (χ3n) is 3.30. The van der Waals surface area contributed by atoms with Crippen LogP contribution in [-0.4, -0.2) is 23.9 Å². The van der Waals surface area contributed by atoms with Crippen molar-refractivity contribution < 1.29 is 22.8 Å². The molecule has 0 atom stereocenters. The van der Waals surface area contributed by atoms with E-state index in [9.17, 15) is 22.8 Å². The molecule has 2 rings (SSSR count). The van der Waals surface area contributed by atoms with Crippen LogP contribution in [0.15, 0.2) is 47.4 Å². The second-order valence-corrected chi connectivity index (χ2v) is 6.76. The predicted molar refractivity (Wildman–Crippen MR) is 95.5 cm³/mol. The SMILES string of the molecule is Cc1c(Cl)cccc1NC(=O)CNC(=O)c1ccc(SC(F)(F)F)cc1. The number of thioether (sulfide) groups is 1. The van der Waals surface area contributed by atoms with Gasteiger partial charge in [0.05, 0.1) is 6.54 Å². The van der Waals surface area contributed by atoms with Gasteiger partial charge in [-0.15, -0.1) is 0 Å². The second-order valence-electron chi connectivity index (χ2n) is 5.22. The van der Waals surface area contributed by atoms with Crippen molar-refractivity contribution in [3.8, 4) is 0 Å². The summed E-state index contributed by atoms with van der Waals surface area (Å²) in [6.45, 7) is 1.46. The Kier molecular flexibility index (Phi) is 6.55. The molecule has 0 saturated heterocycles. The lowest BCUT2D eigenvalue weighted by atomic mass is 10.2. The van der Waals surface area contributed by atoms with Crippen LogP contribution >= 0.6 is 23.4 Å². The molecule has 0 radical (unpaired) electrons. The average molecular weight is 403 g/mol. The van der Waals surface area contributed by atoms with Gasteiger partial charge in [-0.25, -0.2) is 0 Å². The van der Waals surface area contributed by atoms with Crippen LogP contribution in [0.2, 0.25) is 5.02 Å². The van der Waals surface area contributed by atoms with Crippen LogP contribution in [0.4, 0.5) is 18.9 Å². The summed E-state index contributed by atoms with van der Waals surface area (Å²) >= 11 is 5.70. The molecule has 0 heterocycles. The first kappa shape index (κ1) is 20.1. The number of hydrogen-bond acceptors (Lipinski definition) is 3. The fourth-order valence-corrected chi connectivity index (χ4v) is 2.72. The summed E-state index contributed by atoms with van der Waals surface area (Å²) in [7, 11) is 0. The first-order chi connectivity index (χ1) is 12.2. The molecule has 0 fully saturated rings. The number of rotatable bonds is 5. The monoisotopic (exact) mass is 402 g/mol. The van der Waals surface area contributed by atoms with Crippen LogP contribution in [0, 0.1) is 6.92 Å². The fourth-order valence-electron chi connectivity index (χ4n) is 2.01. The maximum absolute atomic E-state index is 12.3. The number of benzene rings is 2. The highest BCUT2D eigenvalue weighted by atomic mass is 35.5. The standard InChI is InChI=1S/C17H14ClF3N2O2S/c1-10-13(18)3-2-4-14(10)23-15(24)9-22-16(25)11-5-7-12(8-6-11)26-17(19,20)21/h2-8H,9H2,1H3,(H,22,25)(H,23,24). The Balaban J connectivity index is 1.89. The first-order valence-corrected chi connectivity index (χ1v) is 8.54. The molecule has 0 aliphatic rings. The van der Waals surface area contributed by atoms with Crippen molar-refractivity contribution in [3.63, 3.8) is 0 Å². The largest absolute Gasteiger partial charge is 0.446 e. The van der Waals surface area contributed by atoms with Crippen molar-refractivity contribution >= 4 is 40.9 Å². The molecular formula is C17H14ClF3N2O2S. The summed E-state index contributed by atoms with van der Waals surface area (Å²) in [5.74, 6) is -1.01. The van der Waals surface area contributed by atoms with Gasteiger partial charge in [0.25, 0.3) is 5.91 Å². The lowest BCUT2D eigenvalue weighted by molar-refractivity contribution is -0.115. The zero-order chi connectivity index (χ0) is 19.3. The quantitative estimate of drug-likeness (QED) is 0.717. The van der Waals surface area contributed by atoms with E-state index in [1.165, 1.54) is 24.3 Å². The minimum absolute atomic E-state index is 0.0248. The van der Waals surface area contributed by atoms with E-state index in [4.69, 9.17) is 11.6 Å². The van der Waals surface area contributed by atoms with Crippen molar-refractivity contribution in [2.24, 2.45) is 0 Å². The van der Waals surface area contributed by atoms with Gasteiger partial charge in [0.2, 0.25) is 5.91 Å². The molecule has 2 aromatic rings. The van der Waals surface area contributed by atoms with Crippen LogP contribution < -0.4 is 10.6 Å². The smallest absolute Gasteiger partial charge is 0.343 e. The van der Waals surface area contributed by atoms with Crippen molar-refractivity contribution in [2.75, 3.05) is 11.9 Å². The molecule has 0 bridgehead atoms. The maximum Gasteiger partial charge on any atom is 0.446 e. The summed E-state index contributed by atoms with van der Waals surface area (Å²) in [5, 5.41) is 5.54. The van der Waals surface area contributed by atoms with E-state index in [-0.39, 0.29) is 28.8 Å². The Morgan fingerprint density at radius 1 is 1.12 bits per heavy atom. The van der Waals surface area contributed by atoms with Gasteiger partial charge in [0.15, 0.2) is 0 Å². The van der Waals surface area contributed by atoms with Crippen LogP contribution in [0.25, 0.3) is 0 Å². The summed E-state index contributed by atoms with van der Waals surface area (Å²) in [4.78, 5) is 23.9. The number of carbonyl (C=O) groups is 2. The van der Waals surface area contributed by atoms with Gasteiger partial charge in [-0.3, -0.25) is 9.59 Å². The molecule has 0 aliphatic carbocycles. The molecule has 138 valence electrons. The highest BCUT2D eigenvalue weighted by Gasteiger charge is 2.29. The number of carbonyl (C=O) groups excluding carboxylic acids is 2. The number of alkyl halides is 3. The fraction of sp³-hybridized carbons (Fsp3) is 0.176. The van der Waals surface area contributed by atoms with Crippen LogP contribution in [-0.2, 0) is 4.79 Å².